The van der Waals surface area contributed by atoms with Gasteiger partial charge in [0.2, 0.25) is 5.91 Å². The van der Waals surface area contributed by atoms with Gasteiger partial charge >= 0.3 is 0 Å². The van der Waals surface area contributed by atoms with Crippen molar-refractivity contribution in [2.45, 2.75) is 26.7 Å². The summed E-state index contributed by atoms with van der Waals surface area (Å²) in [4.78, 5) is 19.0. The lowest BCUT2D eigenvalue weighted by atomic mass is 10.1. The third kappa shape index (κ3) is 3.83. The van der Waals surface area contributed by atoms with Gasteiger partial charge in [0.1, 0.15) is 0 Å². The highest BCUT2D eigenvalue weighted by Crippen LogP contribution is 2.28. The third-order valence-corrected chi connectivity index (χ3v) is 4.38. The van der Waals surface area contributed by atoms with Crippen molar-refractivity contribution in [1.29, 1.82) is 0 Å². The van der Waals surface area contributed by atoms with Crippen LogP contribution in [0.3, 0.4) is 0 Å². The molecule has 1 aromatic carbocycles. The zero-order chi connectivity index (χ0) is 15.9. The van der Waals surface area contributed by atoms with E-state index in [1.165, 1.54) is 11.3 Å². The van der Waals surface area contributed by atoms with Gasteiger partial charge in [-0.05, 0) is 6.42 Å². The number of carbonyl (C=O) groups excluding carboxylic acids is 1. The van der Waals surface area contributed by atoms with Crippen molar-refractivity contribution >= 4 is 22.4 Å². The van der Waals surface area contributed by atoms with Crippen molar-refractivity contribution in [3.05, 3.63) is 48.4 Å². The quantitative estimate of drug-likeness (QED) is 0.690. The van der Waals surface area contributed by atoms with Gasteiger partial charge in [-0.15, -0.1) is 17.9 Å². The number of aromatic nitrogens is 1. The number of hydrogen-bond donors (Lipinski definition) is 0. The lowest BCUT2D eigenvalue weighted by Crippen LogP contribution is -2.35. The van der Waals surface area contributed by atoms with Gasteiger partial charge in [-0.25, -0.2) is 4.98 Å². The highest BCUT2D eigenvalue weighted by Gasteiger charge is 2.22. The summed E-state index contributed by atoms with van der Waals surface area (Å²) >= 11 is 1.50. The molecule has 0 saturated carbocycles. The van der Waals surface area contributed by atoms with Crippen molar-refractivity contribution in [2.75, 3.05) is 11.4 Å². The predicted octanol–water partition coefficient (Wildman–Crippen LogP) is 4.77. The van der Waals surface area contributed by atoms with Crippen molar-refractivity contribution in [1.82, 2.24) is 4.98 Å². The average Bonchev–Trinajstić information content (AvgIpc) is 3.02. The van der Waals surface area contributed by atoms with E-state index in [0.717, 1.165) is 29.2 Å². The van der Waals surface area contributed by atoms with E-state index in [4.69, 9.17) is 0 Å². The topological polar surface area (TPSA) is 33.2 Å². The van der Waals surface area contributed by atoms with Crippen molar-refractivity contribution in [2.24, 2.45) is 5.92 Å². The van der Waals surface area contributed by atoms with Crippen molar-refractivity contribution < 1.29 is 4.79 Å². The Morgan fingerprint density at radius 2 is 2.14 bits per heavy atom. The average molecular weight is 314 g/mol. The zero-order valence-corrected chi connectivity index (χ0v) is 14.0. The van der Waals surface area contributed by atoms with Gasteiger partial charge in [-0.2, -0.15) is 0 Å². The van der Waals surface area contributed by atoms with Crippen LogP contribution in [0.4, 0.5) is 5.13 Å². The molecule has 0 aliphatic carbocycles. The van der Waals surface area contributed by atoms with Crippen LogP contribution in [-0.4, -0.2) is 17.4 Å². The standard InChI is InChI=1S/C18H22N2OS/c1-4-9-14(3)17(21)20(12-5-2)18-19-16(13-22-18)15-10-7-6-8-11-15/h5-8,10-11,13-14H,2,4,9,12H2,1,3H3. The first kappa shape index (κ1) is 16.4. The summed E-state index contributed by atoms with van der Waals surface area (Å²) in [7, 11) is 0. The molecule has 0 radical (unpaired) electrons. The molecule has 116 valence electrons. The molecule has 2 rings (SSSR count). The molecule has 22 heavy (non-hydrogen) atoms. The fourth-order valence-corrected chi connectivity index (χ4v) is 3.19. The largest absolute Gasteiger partial charge is 0.284 e. The monoisotopic (exact) mass is 314 g/mol. The molecule has 1 unspecified atom stereocenters. The molecule has 1 atom stereocenters. The van der Waals surface area contributed by atoms with Crippen LogP contribution < -0.4 is 4.90 Å². The van der Waals surface area contributed by atoms with E-state index in [2.05, 4.69) is 18.5 Å². The van der Waals surface area contributed by atoms with Crippen LogP contribution in [0.1, 0.15) is 26.7 Å². The molecule has 1 heterocycles. The molecular weight excluding hydrogens is 292 g/mol. The summed E-state index contributed by atoms with van der Waals surface area (Å²) in [5, 5.41) is 2.74. The maximum absolute atomic E-state index is 12.6. The van der Waals surface area contributed by atoms with Gasteiger partial charge in [-0.3, -0.25) is 9.69 Å². The van der Waals surface area contributed by atoms with E-state index in [1.807, 2.05) is 42.6 Å². The SMILES string of the molecule is C=CCN(C(=O)C(C)CCC)c1nc(-c2ccccc2)cs1. The van der Waals surface area contributed by atoms with Gasteiger partial charge in [-0.1, -0.05) is 56.7 Å². The lowest BCUT2D eigenvalue weighted by Gasteiger charge is -2.21. The molecule has 1 amide bonds. The summed E-state index contributed by atoms with van der Waals surface area (Å²) in [6.07, 6.45) is 3.64. The highest BCUT2D eigenvalue weighted by atomic mass is 32.1. The van der Waals surface area contributed by atoms with Crippen LogP contribution in [-0.2, 0) is 4.79 Å². The second-order valence-electron chi connectivity index (χ2n) is 5.31. The fraction of sp³-hybridized carbons (Fsp3) is 0.333. The number of hydrogen-bond acceptors (Lipinski definition) is 3. The van der Waals surface area contributed by atoms with E-state index in [0.29, 0.717) is 6.54 Å². The van der Waals surface area contributed by atoms with Gasteiger partial charge in [0.05, 0.1) is 5.69 Å². The number of thiazole rings is 1. The third-order valence-electron chi connectivity index (χ3n) is 3.51. The van der Waals surface area contributed by atoms with Crippen molar-refractivity contribution in [3.8, 4) is 11.3 Å². The number of benzene rings is 1. The summed E-state index contributed by atoms with van der Waals surface area (Å²) in [6, 6.07) is 10.0. The van der Waals surface area contributed by atoms with Gasteiger partial charge < -0.3 is 0 Å². The summed E-state index contributed by atoms with van der Waals surface area (Å²) in [5.74, 6) is 0.129. The molecule has 0 N–H and O–H groups in total. The zero-order valence-electron chi connectivity index (χ0n) is 13.2. The molecule has 0 bridgehead atoms. The molecule has 0 aliphatic heterocycles. The maximum atomic E-state index is 12.6. The highest BCUT2D eigenvalue weighted by molar-refractivity contribution is 7.14. The second-order valence-corrected chi connectivity index (χ2v) is 6.15. The first-order valence-electron chi connectivity index (χ1n) is 7.60. The molecule has 0 fully saturated rings. The first-order valence-corrected chi connectivity index (χ1v) is 8.48. The fourth-order valence-electron chi connectivity index (χ4n) is 2.34. The minimum absolute atomic E-state index is 0.00836. The van der Waals surface area contributed by atoms with Gasteiger partial charge in [0.15, 0.2) is 5.13 Å². The summed E-state index contributed by atoms with van der Waals surface area (Å²) < 4.78 is 0. The summed E-state index contributed by atoms with van der Waals surface area (Å²) in [5.41, 5.74) is 1.98. The molecule has 0 saturated heterocycles. The van der Waals surface area contributed by atoms with Crippen molar-refractivity contribution in [3.63, 3.8) is 0 Å². The van der Waals surface area contributed by atoms with E-state index in [1.54, 1.807) is 11.0 Å². The normalized spacial score (nSPS) is 11.9. The molecule has 4 heteroatoms. The van der Waals surface area contributed by atoms with Crippen LogP contribution in [0.25, 0.3) is 11.3 Å². The number of nitrogens with zero attached hydrogens (tertiary/aromatic N) is 2. The molecule has 3 nitrogen and oxygen atoms in total. The van der Waals surface area contributed by atoms with Gasteiger partial charge in [0.25, 0.3) is 0 Å². The maximum Gasteiger partial charge on any atom is 0.231 e. The molecule has 1 aromatic heterocycles. The van der Waals surface area contributed by atoms with E-state index < -0.39 is 0 Å². The Labute approximate surface area is 136 Å². The molecule has 2 aromatic rings. The Kier molecular flexibility index (Phi) is 5.90. The van der Waals surface area contributed by atoms with Crippen LogP contribution in [0, 0.1) is 5.92 Å². The predicted molar refractivity (Wildman–Crippen MR) is 94.2 cm³/mol. The second kappa shape index (κ2) is 7.90. The Hall–Kier alpha value is -1.94. The number of anilines is 1. The Morgan fingerprint density at radius 1 is 1.41 bits per heavy atom. The minimum atomic E-state index is 0.00836. The van der Waals surface area contributed by atoms with E-state index in [9.17, 15) is 4.79 Å². The number of carbonyl (C=O) groups is 1. The first-order chi connectivity index (χ1) is 10.7. The van der Waals surface area contributed by atoms with Crippen LogP contribution in [0.15, 0.2) is 48.4 Å². The molecular formula is C18H22N2OS. The number of amides is 1. The molecule has 0 spiro atoms. The van der Waals surface area contributed by atoms with Gasteiger partial charge in [0, 0.05) is 23.4 Å². The van der Waals surface area contributed by atoms with Crippen LogP contribution in [0.2, 0.25) is 0 Å². The van der Waals surface area contributed by atoms with Crippen LogP contribution in [0.5, 0.6) is 0 Å². The van der Waals surface area contributed by atoms with Crippen LogP contribution >= 0.6 is 11.3 Å². The Bertz CT molecular complexity index is 621. The van der Waals surface area contributed by atoms with E-state index >= 15 is 0 Å². The summed E-state index contributed by atoms with van der Waals surface area (Å²) in [6.45, 7) is 8.33. The van der Waals surface area contributed by atoms with E-state index in [-0.39, 0.29) is 11.8 Å². The Morgan fingerprint density at radius 3 is 2.77 bits per heavy atom. The molecule has 0 aliphatic rings. The number of rotatable bonds is 7. The minimum Gasteiger partial charge on any atom is -0.284 e. The smallest absolute Gasteiger partial charge is 0.231 e. The Balaban J connectivity index is 2.24. The lowest BCUT2D eigenvalue weighted by molar-refractivity contribution is -0.122.